The van der Waals surface area contributed by atoms with Crippen LogP contribution in [0.5, 0.6) is 0 Å². The van der Waals surface area contributed by atoms with E-state index in [4.69, 9.17) is 10.5 Å². The number of benzene rings is 1. The van der Waals surface area contributed by atoms with Crippen LogP contribution < -0.4 is 5.73 Å². The summed E-state index contributed by atoms with van der Waals surface area (Å²) in [5, 5.41) is 1.06. The monoisotopic (exact) mass is 451 g/mol. The number of fused-ring (bicyclic) bond motifs is 3. The van der Waals surface area contributed by atoms with Gasteiger partial charge in [0.25, 0.3) is 0 Å². The lowest BCUT2D eigenvalue weighted by atomic mass is 9.84. The number of carbonyl (C=O) groups excluding carboxylic acids is 2. The van der Waals surface area contributed by atoms with Crippen molar-refractivity contribution in [1.82, 2.24) is 19.3 Å². The lowest BCUT2D eigenvalue weighted by Crippen LogP contribution is -2.47. The SMILES string of the molecule is CC1N(COC(=O)N2CCC[C@@H](N)C2)C=CN1CC1CCc2c(c3ccccc3n2C)C1=O. The zero-order valence-electron chi connectivity index (χ0n) is 19.4. The number of para-hydroxylation sites is 1. The van der Waals surface area contributed by atoms with Gasteiger partial charge in [0.05, 0.1) is 0 Å². The third-order valence-corrected chi connectivity index (χ3v) is 7.47. The normalized spacial score (nSPS) is 25.1. The Kier molecular flexibility index (Phi) is 5.78. The summed E-state index contributed by atoms with van der Waals surface area (Å²) >= 11 is 0. The molecule has 2 aromatic rings. The van der Waals surface area contributed by atoms with Crippen LogP contribution in [0.2, 0.25) is 0 Å². The van der Waals surface area contributed by atoms with Gasteiger partial charge < -0.3 is 29.7 Å². The third kappa shape index (κ3) is 3.97. The maximum atomic E-state index is 13.5. The van der Waals surface area contributed by atoms with Crippen molar-refractivity contribution in [2.45, 2.75) is 44.8 Å². The van der Waals surface area contributed by atoms with Gasteiger partial charge in [-0.1, -0.05) is 18.2 Å². The molecule has 1 saturated heterocycles. The van der Waals surface area contributed by atoms with Gasteiger partial charge in [0.1, 0.15) is 6.17 Å². The summed E-state index contributed by atoms with van der Waals surface area (Å²) in [5.41, 5.74) is 9.14. The van der Waals surface area contributed by atoms with Crippen LogP contribution in [-0.2, 0) is 18.2 Å². The molecule has 1 aliphatic carbocycles. The summed E-state index contributed by atoms with van der Waals surface area (Å²) in [4.78, 5) is 31.7. The van der Waals surface area contributed by atoms with E-state index in [9.17, 15) is 9.59 Å². The quantitative estimate of drug-likeness (QED) is 0.770. The van der Waals surface area contributed by atoms with E-state index in [1.54, 1.807) is 4.90 Å². The summed E-state index contributed by atoms with van der Waals surface area (Å²) in [7, 11) is 2.05. The number of hydrogen-bond donors (Lipinski definition) is 1. The number of hydrogen-bond acceptors (Lipinski definition) is 6. The van der Waals surface area contributed by atoms with Crippen molar-refractivity contribution < 1.29 is 14.3 Å². The van der Waals surface area contributed by atoms with E-state index < -0.39 is 0 Å². The molecule has 2 N–H and O–H groups in total. The summed E-state index contributed by atoms with van der Waals surface area (Å²) < 4.78 is 7.72. The number of Topliss-reactive ketones (excluding diaryl/α,β-unsaturated/α-hetero) is 1. The highest BCUT2D eigenvalue weighted by atomic mass is 16.6. The highest BCUT2D eigenvalue weighted by Gasteiger charge is 2.35. The number of ketones is 1. The van der Waals surface area contributed by atoms with Crippen LogP contribution in [-0.4, -0.2) is 69.7 Å². The summed E-state index contributed by atoms with van der Waals surface area (Å²) in [6.45, 7) is 4.16. The second-order valence-corrected chi connectivity index (χ2v) is 9.53. The van der Waals surface area contributed by atoms with E-state index in [0.29, 0.717) is 19.6 Å². The topological polar surface area (TPSA) is 84.0 Å². The van der Waals surface area contributed by atoms with Crippen molar-refractivity contribution in [3.05, 3.63) is 47.9 Å². The Morgan fingerprint density at radius 3 is 2.79 bits per heavy atom. The first-order chi connectivity index (χ1) is 15.9. The molecule has 1 aromatic heterocycles. The number of likely N-dealkylation sites (tertiary alicyclic amines) is 1. The number of nitrogens with zero attached hydrogens (tertiary/aromatic N) is 4. The fourth-order valence-corrected chi connectivity index (χ4v) is 5.46. The maximum Gasteiger partial charge on any atom is 0.411 e. The summed E-state index contributed by atoms with van der Waals surface area (Å²) in [5.74, 6) is 0.188. The first-order valence-electron chi connectivity index (χ1n) is 11.9. The van der Waals surface area contributed by atoms with Crippen LogP contribution in [0.1, 0.15) is 42.2 Å². The molecule has 0 radical (unpaired) electrons. The van der Waals surface area contributed by atoms with Gasteiger partial charge in [0.2, 0.25) is 0 Å². The molecule has 1 fully saturated rings. The van der Waals surface area contributed by atoms with Crippen LogP contribution in [0.3, 0.4) is 0 Å². The Labute approximate surface area is 194 Å². The van der Waals surface area contributed by atoms with E-state index >= 15 is 0 Å². The lowest BCUT2D eigenvalue weighted by molar-refractivity contribution is 0.0267. The van der Waals surface area contributed by atoms with Crippen molar-refractivity contribution >= 4 is 22.8 Å². The molecule has 2 aliphatic heterocycles. The summed E-state index contributed by atoms with van der Waals surface area (Å²) in [6.07, 6.45) is 7.26. The molecule has 8 nitrogen and oxygen atoms in total. The molecular weight excluding hydrogens is 418 g/mol. The molecule has 5 rings (SSSR count). The van der Waals surface area contributed by atoms with Crippen molar-refractivity contribution in [2.24, 2.45) is 18.7 Å². The molecule has 8 heteroatoms. The number of aryl methyl sites for hydroxylation is 1. The van der Waals surface area contributed by atoms with E-state index in [2.05, 4.69) is 35.6 Å². The Balaban J connectivity index is 1.20. The van der Waals surface area contributed by atoms with Gasteiger partial charge in [0.15, 0.2) is 12.5 Å². The van der Waals surface area contributed by atoms with Crippen LogP contribution in [0.4, 0.5) is 4.79 Å². The number of nitrogens with two attached hydrogens (primary N) is 1. The van der Waals surface area contributed by atoms with Crippen molar-refractivity contribution in [3.63, 3.8) is 0 Å². The largest absolute Gasteiger partial charge is 0.428 e. The minimum atomic E-state index is -0.310. The zero-order valence-corrected chi connectivity index (χ0v) is 19.4. The first kappa shape index (κ1) is 21.8. The fourth-order valence-electron chi connectivity index (χ4n) is 5.46. The van der Waals surface area contributed by atoms with E-state index in [-0.39, 0.29) is 36.7 Å². The number of carbonyl (C=O) groups is 2. The molecule has 0 spiro atoms. The van der Waals surface area contributed by atoms with Gasteiger partial charge in [-0.25, -0.2) is 4.79 Å². The smallest absolute Gasteiger partial charge is 0.411 e. The number of ether oxygens (including phenoxy) is 1. The molecular formula is C25H33N5O3. The minimum absolute atomic E-state index is 0.0168. The van der Waals surface area contributed by atoms with Gasteiger partial charge >= 0.3 is 6.09 Å². The van der Waals surface area contributed by atoms with Gasteiger partial charge in [-0.2, -0.15) is 0 Å². The third-order valence-electron chi connectivity index (χ3n) is 7.47. The Bertz CT molecular complexity index is 1090. The van der Waals surface area contributed by atoms with E-state index in [0.717, 1.165) is 47.8 Å². The number of rotatable bonds is 4. The molecule has 2 unspecified atom stereocenters. The maximum absolute atomic E-state index is 13.5. The van der Waals surface area contributed by atoms with Crippen LogP contribution in [0.15, 0.2) is 36.7 Å². The van der Waals surface area contributed by atoms with Crippen LogP contribution in [0.25, 0.3) is 10.9 Å². The predicted octanol–water partition coefficient (Wildman–Crippen LogP) is 2.88. The second kappa shape index (κ2) is 8.74. The van der Waals surface area contributed by atoms with Gasteiger partial charge in [-0.15, -0.1) is 0 Å². The number of piperidine rings is 1. The first-order valence-corrected chi connectivity index (χ1v) is 11.9. The highest BCUT2D eigenvalue weighted by Crippen LogP contribution is 2.34. The van der Waals surface area contributed by atoms with E-state index in [1.807, 2.05) is 29.4 Å². The Morgan fingerprint density at radius 1 is 1.18 bits per heavy atom. The average Bonchev–Trinajstić information content (AvgIpc) is 3.31. The Hall–Kier alpha value is -3.00. The second-order valence-electron chi connectivity index (χ2n) is 9.53. The molecule has 0 bridgehead atoms. The Morgan fingerprint density at radius 2 is 1.97 bits per heavy atom. The molecule has 3 heterocycles. The van der Waals surface area contributed by atoms with Crippen molar-refractivity contribution in [3.8, 4) is 0 Å². The van der Waals surface area contributed by atoms with Gasteiger partial charge in [0, 0.05) is 73.2 Å². The standard InChI is InChI=1S/C25H33N5O3/c1-17-28(12-13-30(17)16-33-25(32)29-11-5-6-19(26)15-29)14-18-9-10-22-23(24(18)31)20-7-3-4-8-21(20)27(22)2/h3-4,7-8,12-13,17-19H,5-6,9-11,14-16,26H2,1-2H3/t17?,18?,19-/m1/s1. The molecule has 1 aromatic carbocycles. The van der Waals surface area contributed by atoms with Crippen LogP contribution in [0, 0.1) is 5.92 Å². The molecule has 3 atom stereocenters. The highest BCUT2D eigenvalue weighted by molar-refractivity contribution is 6.11. The van der Waals surface area contributed by atoms with Crippen molar-refractivity contribution in [1.29, 1.82) is 0 Å². The fraction of sp³-hybridized carbons (Fsp3) is 0.520. The predicted molar refractivity (Wildman–Crippen MR) is 126 cm³/mol. The van der Waals surface area contributed by atoms with Crippen molar-refractivity contribution in [2.75, 3.05) is 26.4 Å². The average molecular weight is 452 g/mol. The zero-order chi connectivity index (χ0) is 23.1. The van der Waals surface area contributed by atoms with Crippen LogP contribution >= 0.6 is 0 Å². The number of aromatic nitrogens is 1. The van der Waals surface area contributed by atoms with Gasteiger partial charge in [-0.3, -0.25) is 4.79 Å². The molecule has 0 saturated carbocycles. The molecule has 33 heavy (non-hydrogen) atoms. The van der Waals surface area contributed by atoms with Gasteiger partial charge in [-0.05, 0) is 38.7 Å². The summed E-state index contributed by atoms with van der Waals surface area (Å²) in [6, 6.07) is 8.19. The molecule has 1 amide bonds. The van der Waals surface area contributed by atoms with E-state index in [1.165, 1.54) is 0 Å². The number of amides is 1. The lowest BCUT2D eigenvalue weighted by Gasteiger charge is -2.34. The molecule has 176 valence electrons. The minimum Gasteiger partial charge on any atom is -0.428 e. The molecule has 3 aliphatic rings.